The van der Waals surface area contributed by atoms with Gasteiger partial charge in [0.15, 0.2) is 5.76 Å². The highest BCUT2D eigenvalue weighted by Gasteiger charge is 2.45. The van der Waals surface area contributed by atoms with Crippen LogP contribution in [0.1, 0.15) is 22.3 Å². The molecule has 1 aliphatic heterocycles. The van der Waals surface area contributed by atoms with Gasteiger partial charge in [0.25, 0.3) is 0 Å². The van der Waals surface area contributed by atoms with E-state index in [4.69, 9.17) is 19.3 Å². The first kappa shape index (κ1) is 15.4. The van der Waals surface area contributed by atoms with Crippen LogP contribution >= 0.6 is 11.3 Å². The minimum Gasteiger partial charge on any atom is -0.468 e. The number of hydrogen-bond acceptors (Lipinski definition) is 8. The van der Waals surface area contributed by atoms with Crippen LogP contribution in [0.25, 0.3) is 0 Å². The molecule has 0 saturated heterocycles. The van der Waals surface area contributed by atoms with Crippen LogP contribution in [0.5, 0.6) is 5.75 Å². The second kappa shape index (κ2) is 5.98. The molecule has 2 aromatic heterocycles. The van der Waals surface area contributed by atoms with Crippen LogP contribution in [0.15, 0.2) is 32.8 Å². The molecule has 0 saturated carbocycles. The maximum atomic E-state index is 12.1. The van der Waals surface area contributed by atoms with Gasteiger partial charge in [0.05, 0.1) is 13.0 Å². The van der Waals surface area contributed by atoms with Crippen LogP contribution < -0.4 is 10.2 Å². The van der Waals surface area contributed by atoms with Gasteiger partial charge in [-0.15, -0.1) is 11.3 Å². The summed E-state index contributed by atoms with van der Waals surface area (Å²) >= 11 is 1.36. The van der Waals surface area contributed by atoms with Crippen LogP contribution in [0.4, 0.5) is 0 Å². The van der Waals surface area contributed by atoms with Crippen molar-refractivity contribution in [3.8, 4) is 5.75 Å². The number of nitrogens with one attached hydrogen (secondary N) is 1. The van der Waals surface area contributed by atoms with Crippen LogP contribution in [-0.4, -0.2) is 24.1 Å². The molecule has 23 heavy (non-hydrogen) atoms. The summed E-state index contributed by atoms with van der Waals surface area (Å²) < 4.78 is 15.6. The van der Waals surface area contributed by atoms with Gasteiger partial charge in [-0.3, -0.25) is 15.0 Å². The van der Waals surface area contributed by atoms with Crippen molar-refractivity contribution in [2.75, 3.05) is 7.11 Å². The molecular weight excluding hydrogens is 322 g/mol. The zero-order valence-corrected chi connectivity index (χ0v) is 12.9. The zero-order chi connectivity index (χ0) is 16.6. The number of carbonyl (C=O) groups excluding carboxylic acids is 1. The van der Waals surface area contributed by atoms with Crippen LogP contribution in [0.2, 0.25) is 0 Å². The minimum absolute atomic E-state index is 0.0657. The van der Waals surface area contributed by atoms with Crippen LogP contribution in [0.3, 0.4) is 0 Å². The number of thiophene rings is 1. The molecule has 7 nitrogen and oxygen atoms in total. The molecule has 2 atom stereocenters. The number of aliphatic hydroxyl groups is 1. The maximum Gasteiger partial charge on any atom is 0.319 e. The summed E-state index contributed by atoms with van der Waals surface area (Å²) in [6.45, 7) is -0.458. The highest BCUT2D eigenvalue weighted by Crippen LogP contribution is 2.43. The molecule has 120 valence electrons. The second-order valence-electron chi connectivity index (χ2n) is 4.89. The van der Waals surface area contributed by atoms with Crippen molar-refractivity contribution in [1.29, 1.82) is 5.41 Å². The first-order valence-electron chi connectivity index (χ1n) is 6.72. The standard InChI is InChI=1S/C15H13NO6S/c1-20-15(19)11-10(9-3-2-4-23-9)13-12(22-14(11)16)8(18)5-7(6-17)21-13/h2-5,10-11,16-17H,6H2,1H3. The Morgan fingerprint density at radius 2 is 2.30 bits per heavy atom. The molecule has 8 heteroatoms. The van der Waals surface area contributed by atoms with Gasteiger partial charge in [-0.25, -0.2) is 0 Å². The fourth-order valence-electron chi connectivity index (χ4n) is 2.54. The van der Waals surface area contributed by atoms with E-state index in [1.165, 1.54) is 18.4 Å². The van der Waals surface area contributed by atoms with Crippen molar-refractivity contribution < 1.29 is 23.8 Å². The lowest BCUT2D eigenvalue weighted by Crippen LogP contribution is -2.39. The third kappa shape index (κ3) is 2.55. The lowest BCUT2D eigenvalue weighted by atomic mass is 9.85. The summed E-state index contributed by atoms with van der Waals surface area (Å²) in [6, 6.07) is 4.68. The molecule has 3 rings (SSSR count). The molecule has 0 spiro atoms. The van der Waals surface area contributed by atoms with E-state index in [2.05, 4.69) is 0 Å². The van der Waals surface area contributed by atoms with Crippen molar-refractivity contribution >= 4 is 23.2 Å². The summed E-state index contributed by atoms with van der Waals surface area (Å²) in [5.74, 6) is -2.74. The Balaban J connectivity index is 2.25. The summed E-state index contributed by atoms with van der Waals surface area (Å²) in [7, 11) is 1.22. The van der Waals surface area contributed by atoms with Gasteiger partial charge in [-0.2, -0.15) is 0 Å². The lowest BCUT2D eigenvalue weighted by molar-refractivity contribution is -0.144. The molecule has 0 bridgehead atoms. The third-order valence-electron chi connectivity index (χ3n) is 3.55. The smallest absolute Gasteiger partial charge is 0.319 e. The molecule has 2 unspecified atom stereocenters. The first-order chi connectivity index (χ1) is 11.1. The van der Waals surface area contributed by atoms with E-state index in [9.17, 15) is 14.7 Å². The number of carbonyl (C=O) groups is 1. The fourth-order valence-corrected chi connectivity index (χ4v) is 3.40. The van der Waals surface area contributed by atoms with Crippen LogP contribution in [0, 0.1) is 11.3 Å². The number of ether oxygens (including phenoxy) is 2. The fraction of sp³-hybridized carbons (Fsp3) is 0.267. The first-order valence-corrected chi connectivity index (χ1v) is 7.60. The molecule has 0 aromatic carbocycles. The Kier molecular flexibility index (Phi) is 4.01. The van der Waals surface area contributed by atoms with Crippen molar-refractivity contribution in [3.05, 3.63) is 50.2 Å². The number of fused-ring (bicyclic) bond motifs is 1. The molecule has 2 aromatic rings. The van der Waals surface area contributed by atoms with E-state index in [0.29, 0.717) is 0 Å². The van der Waals surface area contributed by atoms with E-state index < -0.39 is 29.8 Å². The minimum atomic E-state index is -1.05. The van der Waals surface area contributed by atoms with Gasteiger partial charge in [0.2, 0.25) is 17.1 Å². The Morgan fingerprint density at radius 1 is 1.52 bits per heavy atom. The zero-order valence-electron chi connectivity index (χ0n) is 12.1. The van der Waals surface area contributed by atoms with E-state index in [1.807, 2.05) is 5.38 Å². The Labute approximate surface area is 134 Å². The quantitative estimate of drug-likeness (QED) is 0.822. The summed E-state index contributed by atoms with van der Waals surface area (Å²) in [5.41, 5.74) is -0.509. The normalized spacial score (nSPS) is 19.8. The average molecular weight is 335 g/mol. The Bertz CT molecular complexity index is 810. The number of methoxy groups -OCH3 is 1. The lowest BCUT2D eigenvalue weighted by Gasteiger charge is -2.29. The van der Waals surface area contributed by atoms with Crippen molar-refractivity contribution in [3.63, 3.8) is 0 Å². The molecule has 0 amide bonds. The molecule has 0 aliphatic carbocycles. The highest BCUT2D eigenvalue weighted by molar-refractivity contribution is 7.10. The number of aliphatic hydroxyl groups excluding tert-OH is 1. The van der Waals surface area contributed by atoms with Gasteiger partial charge in [-0.05, 0) is 11.4 Å². The monoisotopic (exact) mass is 335 g/mol. The molecule has 3 heterocycles. The molecule has 2 N–H and O–H groups in total. The van der Waals surface area contributed by atoms with E-state index in [1.54, 1.807) is 12.1 Å². The molecule has 1 aliphatic rings. The summed E-state index contributed by atoms with van der Waals surface area (Å²) in [5, 5.41) is 19.1. The summed E-state index contributed by atoms with van der Waals surface area (Å²) in [6.07, 6.45) is 0. The van der Waals surface area contributed by atoms with Crippen molar-refractivity contribution in [2.24, 2.45) is 5.92 Å². The molecule has 0 radical (unpaired) electrons. The largest absolute Gasteiger partial charge is 0.468 e. The van der Waals surface area contributed by atoms with E-state index in [0.717, 1.165) is 10.9 Å². The van der Waals surface area contributed by atoms with Gasteiger partial charge >= 0.3 is 5.97 Å². The molecule has 0 fully saturated rings. The highest BCUT2D eigenvalue weighted by atomic mass is 32.1. The average Bonchev–Trinajstić information content (AvgIpc) is 3.07. The number of hydrogen-bond donors (Lipinski definition) is 2. The van der Waals surface area contributed by atoms with Crippen LogP contribution in [-0.2, 0) is 16.1 Å². The Morgan fingerprint density at radius 3 is 2.91 bits per heavy atom. The van der Waals surface area contributed by atoms with Crippen molar-refractivity contribution in [2.45, 2.75) is 12.5 Å². The number of esters is 1. The van der Waals surface area contributed by atoms with Gasteiger partial charge in [0, 0.05) is 10.9 Å². The molecular formula is C15H13NO6S. The Hall–Kier alpha value is -2.45. The van der Waals surface area contributed by atoms with Gasteiger partial charge in [0.1, 0.15) is 18.3 Å². The SMILES string of the molecule is COC(=O)C1C(=N)Oc2c(oc(CO)cc2=O)C1c1cccs1. The third-order valence-corrected chi connectivity index (χ3v) is 4.51. The maximum absolute atomic E-state index is 12.1. The van der Waals surface area contributed by atoms with Gasteiger partial charge < -0.3 is 19.0 Å². The van der Waals surface area contributed by atoms with Gasteiger partial charge in [-0.1, -0.05) is 6.07 Å². The summed E-state index contributed by atoms with van der Waals surface area (Å²) in [4.78, 5) is 25.0. The second-order valence-corrected chi connectivity index (χ2v) is 5.87. The topological polar surface area (TPSA) is 110 Å². The van der Waals surface area contributed by atoms with E-state index >= 15 is 0 Å². The predicted octanol–water partition coefficient (Wildman–Crippen LogP) is 1.48. The number of rotatable bonds is 3. The van der Waals surface area contributed by atoms with E-state index in [-0.39, 0.29) is 23.2 Å². The van der Waals surface area contributed by atoms with Crippen molar-refractivity contribution in [1.82, 2.24) is 0 Å². The predicted molar refractivity (Wildman–Crippen MR) is 80.9 cm³/mol.